The molecule has 2 bridgehead atoms. The summed E-state index contributed by atoms with van der Waals surface area (Å²) in [5.74, 6) is -1.51. The molecule has 3 aromatic rings. The molecule has 2 aromatic carbocycles. The van der Waals surface area contributed by atoms with Gasteiger partial charge < -0.3 is 14.2 Å². The molecule has 0 saturated carbocycles. The Bertz CT molecular complexity index is 1490. The Kier molecular flexibility index (Phi) is 5.91. The Morgan fingerprint density at radius 2 is 1.89 bits per heavy atom. The number of hydrogen-bond donors (Lipinski definition) is 0. The first-order valence-corrected chi connectivity index (χ1v) is 13.0. The van der Waals surface area contributed by atoms with Crippen molar-refractivity contribution in [3.63, 3.8) is 0 Å². The summed E-state index contributed by atoms with van der Waals surface area (Å²) < 4.78 is 18.5. The van der Waals surface area contributed by atoms with Crippen molar-refractivity contribution < 1.29 is 23.8 Å². The van der Waals surface area contributed by atoms with Gasteiger partial charge >= 0.3 is 0 Å². The summed E-state index contributed by atoms with van der Waals surface area (Å²) in [5, 5.41) is 11.5. The van der Waals surface area contributed by atoms with E-state index in [0.29, 0.717) is 52.2 Å². The van der Waals surface area contributed by atoms with Crippen molar-refractivity contribution in [2.24, 2.45) is 11.8 Å². The van der Waals surface area contributed by atoms with E-state index < -0.39 is 23.0 Å². The number of benzene rings is 2. The largest absolute Gasteiger partial charge is 0.478 e. The van der Waals surface area contributed by atoms with Crippen LogP contribution in [0, 0.1) is 23.2 Å². The van der Waals surface area contributed by atoms with Gasteiger partial charge in [0.05, 0.1) is 52.5 Å². The minimum Gasteiger partial charge on any atom is -0.478 e. The number of anilines is 1. The van der Waals surface area contributed by atoms with E-state index in [1.807, 2.05) is 31.2 Å². The maximum Gasteiger partial charge on any atom is 0.240 e. The Labute approximate surface area is 225 Å². The van der Waals surface area contributed by atoms with Crippen LogP contribution in [-0.2, 0) is 19.1 Å². The molecule has 0 aliphatic carbocycles. The van der Waals surface area contributed by atoms with Crippen LogP contribution in [0.15, 0.2) is 54.7 Å². The number of nitriles is 1. The fourth-order valence-electron chi connectivity index (χ4n) is 6.82. The number of hydrogen-bond acceptors (Lipinski definition) is 7. The van der Waals surface area contributed by atoms with Crippen molar-refractivity contribution in [2.75, 3.05) is 18.6 Å². The molecule has 3 saturated heterocycles. The number of halogens is 1. The molecule has 3 aliphatic heterocycles. The number of amides is 2. The molecular formula is C29H26ClN3O5. The van der Waals surface area contributed by atoms with Crippen LogP contribution in [0.25, 0.3) is 10.8 Å². The van der Waals surface area contributed by atoms with Crippen LogP contribution in [-0.4, -0.2) is 47.8 Å². The number of imide groups is 1. The summed E-state index contributed by atoms with van der Waals surface area (Å²) >= 11 is 5.93. The quantitative estimate of drug-likeness (QED) is 0.408. The molecule has 0 N–H and O–H groups in total. The molecule has 8 nitrogen and oxygen atoms in total. The number of rotatable bonds is 7. The summed E-state index contributed by atoms with van der Waals surface area (Å²) in [5.41, 5.74) is -0.860. The highest BCUT2D eigenvalue weighted by Crippen LogP contribution is 2.64. The number of pyridine rings is 1. The number of nitrogens with zero attached hydrogens (tertiary/aromatic N) is 3. The smallest absolute Gasteiger partial charge is 0.240 e. The predicted molar refractivity (Wildman–Crippen MR) is 140 cm³/mol. The van der Waals surface area contributed by atoms with Gasteiger partial charge in [-0.25, -0.2) is 9.88 Å². The molecule has 9 heteroatoms. The van der Waals surface area contributed by atoms with Crippen LogP contribution >= 0.6 is 11.6 Å². The minimum absolute atomic E-state index is 0.245. The van der Waals surface area contributed by atoms with Crippen molar-refractivity contribution in [3.05, 3.63) is 65.3 Å². The van der Waals surface area contributed by atoms with Crippen molar-refractivity contribution in [1.82, 2.24) is 4.98 Å². The van der Waals surface area contributed by atoms with Crippen molar-refractivity contribution in [1.29, 1.82) is 5.26 Å². The van der Waals surface area contributed by atoms with Gasteiger partial charge in [0.2, 0.25) is 17.7 Å². The molecule has 1 unspecified atom stereocenters. The van der Waals surface area contributed by atoms with Crippen molar-refractivity contribution in [2.45, 2.75) is 43.5 Å². The third-order valence-corrected chi connectivity index (χ3v) is 8.67. The number of methoxy groups -OCH3 is 1. The zero-order valence-electron chi connectivity index (χ0n) is 21.0. The fourth-order valence-corrected chi connectivity index (χ4v) is 6.93. The molecule has 1 aromatic heterocycles. The molecule has 3 fully saturated rings. The molecule has 0 spiro atoms. The zero-order chi connectivity index (χ0) is 26.7. The fraction of sp³-hybridized carbons (Fsp3) is 0.379. The summed E-state index contributed by atoms with van der Waals surface area (Å²) in [6, 6.07) is 16.3. The average Bonchev–Trinajstić information content (AvgIpc) is 3.53. The van der Waals surface area contributed by atoms with E-state index in [2.05, 4.69) is 11.1 Å². The Hall–Kier alpha value is -3.51. The first kappa shape index (κ1) is 24.8. The van der Waals surface area contributed by atoms with Gasteiger partial charge in [0.1, 0.15) is 5.60 Å². The number of carbonyl (C=O) groups is 2. The monoisotopic (exact) mass is 531 g/mol. The number of aromatic nitrogens is 1. The minimum atomic E-state index is -0.919. The predicted octanol–water partition coefficient (Wildman–Crippen LogP) is 4.67. The molecule has 2 amide bonds. The second-order valence-electron chi connectivity index (χ2n) is 10.1. The second-order valence-corrected chi connectivity index (χ2v) is 10.5. The molecule has 38 heavy (non-hydrogen) atoms. The summed E-state index contributed by atoms with van der Waals surface area (Å²) in [4.78, 5) is 33.8. The van der Waals surface area contributed by atoms with Crippen LogP contribution in [0.4, 0.5) is 5.69 Å². The second kappa shape index (κ2) is 9.05. The molecule has 6 rings (SSSR count). The molecule has 194 valence electrons. The SMILES string of the molecule is CC[C@]12O[C@](CCOc3ccc(Cl)cn3)(CC1OC)[C@H]1C(=O)N(c3ccc(C#N)c4ccccc34)C(=O)[C@H]12. The normalized spacial score (nSPS) is 29.6. The lowest BCUT2D eigenvalue weighted by Crippen LogP contribution is -2.51. The maximum absolute atomic E-state index is 14.2. The van der Waals surface area contributed by atoms with Gasteiger partial charge in [-0.15, -0.1) is 0 Å². The van der Waals surface area contributed by atoms with Gasteiger partial charge in [0.25, 0.3) is 0 Å². The van der Waals surface area contributed by atoms with Gasteiger partial charge in [0, 0.05) is 43.0 Å². The van der Waals surface area contributed by atoms with Crippen LogP contribution in [0.5, 0.6) is 5.88 Å². The summed E-state index contributed by atoms with van der Waals surface area (Å²) in [6.45, 7) is 2.21. The zero-order valence-corrected chi connectivity index (χ0v) is 21.8. The Balaban J connectivity index is 1.39. The molecule has 0 radical (unpaired) electrons. The van der Waals surface area contributed by atoms with E-state index in [0.717, 1.165) is 0 Å². The molecular weight excluding hydrogens is 506 g/mol. The average molecular weight is 532 g/mol. The third kappa shape index (κ3) is 3.39. The summed E-state index contributed by atoms with van der Waals surface area (Å²) in [7, 11) is 1.62. The first-order chi connectivity index (χ1) is 18.4. The van der Waals surface area contributed by atoms with E-state index >= 15 is 0 Å². The van der Waals surface area contributed by atoms with Gasteiger partial charge in [-0.3, -0.25) is 9.59 Å². The van der Waals surface area contributed by atoms with Crippen LogP contribution in [0.1, 0.15) is 31.7 Å². The number of carbonyl (C=O) groups excluding carboxylic acids is 2. The highest BCUT2D eigenvalue weighted by molar-refractivity contribution is 6.30. The third-order valence-electron chi connectivity index (χ3n) is 8.44. The van der Waals surface area contributed by atoms with Crippen LogP contribution in [0.2, 0.25) is 5.02 Å². The van der Waals surface area contributed by atoms with E-state index in [9.17, 15) is 14.9 Å². The lowest BCUT2D eigenvalue weighted by Gasteiger charge is -2.36. The Morgan fingerprint density at radius 1 is 1.13 bits per heavy atom. The molecule has 5 atom stereocenters. The maximum atomic E-state index is 14.2. The summed E-state index contributed by atoms with van der Waals surface area (Å²) in [6.07, 6.45) is 2.57. The van der Waals surface area contributed by atoms with Gasteiger partial charge in [0.15, 0.2) is 0 Å². The standard InChI is InChI=1S/C29H26ClN3O5/c1-3-29-22(36-2)14-28(38-29,12-13-37-23-11-9-18(30)16-32-23)24-25(29)27(35)33(26(24)34)21-10-8-17(15-31)19-6-4-5-7-20(19)21/h4-11,16,22,24-25H,3,12-14H2,1-2H3/t22?,24-,25+,28-,29+/m1/s1. The lowest BCUT2D eigenvalue weighted by atomic mass is 9.64. The Morgan fingerprint density at radius 3 is 2.58 bits per heavy atom. The topological polar surface area (TPSA) is 102 Å². The van der Waals surface area contributed by atoms with Crippen LogP contribution < -0.4 is 9.64 Å². The molecule has 4 heterocycles. The highest BCUT2D eigenvalue weighted by atomic mass is 35.5. The molecule has 3 aliphatic rings. The van der Waals surface area contributed by atoms with Gasteiger partial charge in [-0.05, 0) is 24.6 Å². The lowest BCUT2D eigenvalue weighted by molar-refractivity contribution is -0.138. The number of fused-ring (bicyclic) bond motifs is 6. The van der Waals surface area contributed by atoms with E-state index in [-0.39, 0.29) is 24.5 Å². The highest BCUT2D eigenvalue weighted by Gasteiger charge is 2.78. The van der Waals surface area contributed by atoms with E-state index in [4.69, 9.17) is 25.8 Å². The first-order valence-electron chi connectivity index (χ1n) is 12.7. The van der Waals surface area contributed by atoms with Crippen molar-refractivity contribution >= 4 is 39.9 Å². The van der Waals surface area contributed by atoms with Gasteiger partial charge in [-0.2, -0.15) is 5.26 Å². The van der Waals surface area contributed by atoms with E-state index in [1.54, 1.807) is 31.4 Å². The van der Waals surface area contributed by atoms with E-state index in [1.165, 1.54) is 11.1 Å². The number of ether oxygens (including phenoxy) is 3. The van der Waals surface area contributed by atoms with Gasteiger partial charge in [-0.1, -0.05) is 42.8 Å². The van der Waals surface area contributed by atoms with Crippen LogP contribution in [0.3, 0.4) is 0 Å². The van der Waals surface area contributed by atoms with Crippen molar-refractivity contribution in [3.8, 4) is 11.9 Å².